The van der Waals surface area contributed by atoms with Gasteiger partial charge in [-0.1, -0.05) is 52.0 Å². The number of benzene rings is 2. The summed E-state index contributed by atoms with van der Waals surface area (Å²) in [6, 6.07) is 10.2. The number of rotatable bonds is 8. The van der Waals surface area contributed by atoms with Crippen LogP contribution >= 0.6 is 0 Å². The van der Waals surface area contributed by atoms with Crippen LogP contribution in [0.3, 0.4) is 0 Å². The summed E-state index contributed by atoms with van der Waals surface area (Å²) >= 11 is 0. The van der Waals surface area contributed by atoms with Crippen molar-refractivity contribution in [3.8, 4) is 11.1 Å². The lowest BCUT2D eigenvalue weighted by Gasteiger charge is -2.28. The fourth-order valence-electron chi connectivity index (χ4n) is 3.45. The average molecular weight is 384 g/mol. The SMILES string of the molecule is Cc1cccc(-c2ccc(N(CC(C)C)CC(C)C)c([N+](=O)[O-])c2)c1C(=O)O. The zero-order valence-electron chi connectivity index (χ0n) is 17.1. The smallest absolute Gasteiger partial charge is 0.336 e. The molecule has 6 nitrogen and oxygen atoms in total. The molecule has 0 radical (unpaired) electrons. The Morgan fingerprint density at radius 2 is 1.71 bits per heavy atom. The first-order chi connectivity index (χ1) is 13.1. The molecule has 0 atom stereocenters. The first kappa shape index (κ1) is 21.4. The standard InChI is InChI=1S/C22H28N2O4/c1-14(2)12-23(13-15(3)4)19-10-9-17(11-20(19)24(27)28)18-8-6-7-16(5)21(18)22(25)26/h6-11,14-15H,12-13H2,1-5H3,(H,25,26). The first-order valence-electron chi connectivity index (χ1n) is 9.48. The highest BCUT2D eigenvalue weighted by Gasteiger charge is 2.23. The Kier molecular flexibility index (Phi) is 6.78. The van der Waals surface area contributed by atoms with Gasteiger partial charge in [0, 0.05) is 19.2 Å². The highest BCUT2D eigenvalue weighted by molar-refractivity contribution is 5.98. The van der Waals surface area contributed by atoms with Crippen LogP contribution in [0, 0.1) is 28.9 Å². The van der Waals surface area contributed by atoms with Gasteiger partial charge >= 0.3 is 5.97 Å². The summed E-state index contributed by atoms with van der Waals surface area (Å²) in [5.41, 5.74) is 2.38. The molecule has 150 valence electrons. The number of aryl methyl sites for hydroxylation is 1. The number of hydrogen-bond donors (Lipinski definition) is 1. The lowest BCUT2D eigenvalue weighted by molar-refractivity contribution is -0.384. The van der Waals surface area contributed by atoms with E-state index in [1.165, 1.54) is 6.07 Å². The molecule has 2 aromatic rings. The van der Waals surface area contributed by atoms with Gasteiger partial charge < -0.3 is 10.0 Å². The molecule has 0 spiro atoms. The van der Waals surface area contributed by atoms with Crippen molar-refractivity contribution in [2.45, 2.75) is 34.6 Å². The Hall–Kier alpha value is -2.89. The second kappa shape index (κ2) is 8.87. The zero-order chi connectivity index (χ0) is 21.0. The number of hydrogen-bond acceptors (Lipinski definition) is 4. The number of aromatic carboxylic acids is 1. The van der Waals surface area contributed by atoms with Gasteiger partial charge in [0.1, 0.15) is 5.69 Å². The summed E-state index contributed by atoms with van der Waals surface area (Å²) < 4.78 is 0. The number of nitro groups is 1. The Morgan fingerprint density at radius 3 is 2.21 bits per heavy atom. The lowest BCUT2D eigenvalue weighted by atomic mass is 9.95. The number of carboxylic acids is 1. The predicted octanol–water partition coefficient (Wildman–Crippen LogP) is 5.39. The third-order valence-electron chi connectivity index (χ3n) is 4.48. The van der Waals surface area contributed by atoms with Crippen molar-refractivity contribution in [2.24, 2.45) is 11.8 Å². The van der Waals surface area contributed by atoms with Crippen LogP contribution in [0.4, 0.5) is 11.4 Å². The van der Waals surface area contributed by atoms with E-state index in [0.717, 1.165) is 0 Å². The van der Waals surface area contributed by atoms with Crippen LogP contribution in [-0.4, -0.2) is 29.1 Å². The van der Waals surface area contributed by atoms with E-state index in [-0.39, 0.29) is 16.2 Å². The summed E-state index contributed by atoms with van der Waals surface area (Å²) in [4.78, 5) is 25.2. The molecule has 0 unspecified atom stereocenters. The van der Waals surface area contributed by atoms with E-state index >= 15 is 0 Å². The minimum absolute atomic E-state index is 0.00311. The molecular weight excluding hydrogens is 356 g/mol. The van der Waals surface area contributed by atoms with Crippen molar-refractivity contribution < 1.29 is 14.8 Å². The van der Waals surface area contributed by atoms with Crippen LogP contribution < -0.4 is 4.90 Å². The fraction of sp³-hybridized carbons (Fsp3) is 0.409. The highest BCUT2D eigenvalue weighted by Crippen LogP contribution is 2.35. The zero-order valence-corrected chi connectivity index (χ0v) is 17.1. The maximum atomic E-state index is 11.8. The third kappa shape index (κ3) is 4.88. The maximum Gasteiger partial charge on any atom is 0.336 e. The van der Waals surface area contributed by atoms with Crippen LogP contribution in [0.2, 0.25) is 0 Å². The van der Waals surface area contributed by atoms with Gasteiger partial charge in [-0.05, 0) is 41.5 Å². The van der Waals surface area contributed by atoms with Crippen LogP contribution in [-0.2, 0) is 0 Å². The second-order valence-electron chi connectivity index (χ2n) is 7.96. The molecule has 2 aromatic carbocycles. The van der Waals surface area contributed by atoms with Gasteiger partial charge in [-0.3, -0.25) is 10.1 Å². The summed E-state index contributed by atoms with van der Waals surface area (Å²) in [6.45, 7) is 11.5. The summed E-state index contributed by atoms with van der Waals surface area (Å²) in [6.07, 6.45) is 0. The van der Waals surface area contributed by atoms with Gasteiger partial charge in [-0.15, -0.1) is 0 Å². The Balaban J connectivity index is 2.62. The van der Waals surface area contributed by atoms with Gasteiger partial charge in [0.05, 0.1) is 10.5 Å². The molecule has 2 rings (SSSR count). The maximum absolute atomic E-state index is 11.8. The number of carboxylic acid groups (broad SMARTS) is 1. The molecule has 28 heavy (non-hydrogen) atoms. The third-order valence-corrected chi connectivity index (χ3v) is 4.48. The van der Waals surface area contributed by atoms with Gasteiger partial charge in [-0.2, -0.15) is 0 Å². The molecule has 1 N–H and O–H groups in total. The average Bonchev–Trinajstić information content (AvgIpc) is 2.59. The molecule has 0 bridgehead atoms. The molecule has 0 saturated heterocycles. The molecule has 0 aliphatic heterocycles. The number of nitrogens with zero attached hydrogens (tertiary/aromatic N) is 2. The summed E-state index contributed by atoms with van der Waals surface area (Å²) in [5.74, 6) is -0.331. The Morgan fingerprint density at radius 1 is 1.11 bits per heavy atom. The molecule has 0 fully saturated rings. The van der Waals surface area contributed by atoms with Crippen molar-refractivity contribution in [3.05, 3.63) is 57.6 Å². The largest absolute Gasteiger partial charge is 0.478 e. The molecule has 0 aliphatic carbocycles. The van der Waals surface area contributed by atoms with Crippen LogP contribution in [0.15, 0.2) is 36.4 Å². The van der Waals surface area contributed by atoms with Crippen LogP contribution in [0.25, 0.3) is 11.1 Å². The van der Waals surface area contributed by atoms with E-state index in [1.54, 1.807) is 37.3 Å². The van der Waals surface area contributed by atoms with Crippen molar-refractivity contribution in [2.75, 3.05) is 18.0 Å². The normalized spacial score (nSPS) is 11.1. The van der Waals surface area contributed by atoms with E-state index in [4.69, 9.17) is 0 Å². The molecular formula is C22H28N2O4. The van der Waals surface area contributed by atoms with E-state index in [9.17, 15) is 20.0 Å². The van der Waals surface area contributed by atoms with Crippen molar-refractivity contribution in [1.82, 2.24) is 0 Å². The summed E-state index contributed by atoms with van der Waals surface area (Å²) in [7, 11) is 0. The minimum atomic E-state index is -1.04. The van der Waals surface area contributed by atoms with Crippen molar-refractivity contribution >= 4 is 17.3 Å². The second-order valence-corrected chi connectivity index (χ2v) is 7.96. The van der Waals surface area contributed by atoms with Crippen LogP contribution in [0.1, 0.15) is 43.6 Å². The van der Waals surface area contributed by atoms with E-state index in [1.807, 2.05) is 4.90 Å². The lowest BCUT2D eigenvalue weighted by Crippen LogP contribution is -2.31. The molecule has 0 heterocycles. The predicted molar refractivity (Wildman–Crippen MR) is 112 cm³/mol. The molecule has 0 saturated carbocycles. The number of nitro benzene ring substituents is 1. The Bertz CT molecular complexity index is 865. The quantitative estimate of drug-likeness (QED) is 0.487. The molecule has 6 heteroatoms. The fourth-order valence-corrected chi connectivity index (χ4v) is 3.45. The Labute approximate surface area is 166 Å². The molecule has 0 amide bonds. The summed E-state index contributed by atoms with van der Waals surface area (Å²) in [5, 5.41) is 21.4. The minimum Gasteiger partial charge on any atom is -0.478 e. The van der Waals surface area contributed by atoms with E-state index < -0.39 is 5.97 Å². The van der Waals surface area contributed by atoms with Gasteiger partial charge in [0.25, 0.3) is 5.69 Å². The first-order valence-corrected chi connectivity index (χ1v) is 9.48. The molecule has 0 aliphatic rings. The monoisotopic (exact) mass is 384 g/mol. The topological polar surface area (TPSA) is 83.7 Å². The number of carbonyl (C=O) groups is 1. The van der Waals surface area contributed by atoms with Crippen molar-refractivity contribution in [3.63, 3.8) is 0 Å². The molecule has 0 aromatic heterocycles. The van der Waals surface area contributed by atoms with Gasteiger partial charge in [-0.25, -0.2) is 4.79 Å². The van der Waals surface area contributed by atoms with E-state index in [0.29, 0.717) is 47.3 Å². The van der Waals surface area contributed by atoms with Gasteiger partial charge in [0.15, 0.2) is 0 Å². The van der Waals surface area contributed by atoms with E-state index in [2.05, 4.69) is 27.7 Å². The van der Waals surface area contributed by atoms with Crippen LogP contribution in [0.5, 0.6) is 0 Å². The number of anilines is 1. The van der Waals surface area contributed by atoms with Crippen molar-refractivity contribution in [1.29, 1.82) is 0 Å². The highest BCUT2D eigenvalue weighted by atomic mass is 16.6. The van der Waals surface area contributed by atoms with Gasteiger partial charge in [0.2, 0.25) is 0 Å².